The smallest absolute Gasteiger partial charge is 0.0264 e. The van der Waals surface area contributed by atoms with Gasteiger partial charge in [-0.15, -0.1) is 0 Å². The van der Waals surface area contributed by atoms with E-state index in [1.807, 2.05) is 12.1 Å². The molecule has 0 aliphatic rings. The van der Waals surface area contributed by atoms with Gasteiger partial charge in [-0.2, -0.15) is 0 Å². The summed E-state index contributed by atoms with van der Waals surface area (Å²) in [4.78, 5) is 0. The molecule has 0 amide bonds. The fourth-order valence-corrected chi connectivity index (χ4v) is 3.31. The van der Waals surface area contributed by atoms with Crippen LogP contribution in [0.5, 0.6) is 0 Å². The fraction of sp³-hybridized carbons (Fsp3) is 0. The minimum absolute atomic E-state index is 1.10. The zero-order valence-corrected chi connectivity index (χ0v) is 13.0. The van der Waals surface area contributed by atoms with Crippen LogP contribution in [0.2, 0.25) is 0 Å². The third-order valence-corrected chi connectivity index (χ3v) is 3.89. The highest BCUT2D eigenvalue weighted by atomic mass is 127. The molecule has 76 valence electrons. The predicted molar refractivity (Wildman–Crippen MR) is 80.0 cm³/mol. The Kier molecular flexibility index (Phi) is 3.85. The lowest BCUT2D eigenvalue weighted by atomic mass is 10.1. The van der Waals surface area contributed by atoms with Gasteiger partial charge in [-0.3, -0.25) is 0 Å². The van der Waals surface area contributed by atoms with Crippen molar-refractivity contribution in [3.63, 3.8) is 0 Å². The number of hydrogen-bond donors (Lipinski definition) is 0. The van der Waals surface area contributed by atoms with Crippen molar-refractivity contribution < 1.29 is 0 Å². The standard InChI is InChI=1S/C12H7Br2I/c13-9-3-1-2-8(6-9)11-5-4-10(15)7-12(11)14/h1-7H. The van der Waals surface area contributed by atoms with Crippen LogP contribution >= 0.6 is 54.5 Å². The van der Waals surface area contributed by atoms with E-state index in [0.29, 0.717) is 0 Å². The van der Waals surface area contributed by atoms with Crippen molar-refractivity contribution in [2.24, 2.45) is 0 Å². The largest absolute Gasteiger partial charge is 0.0605 e. The van der Waals surface area contributed by atoms with Gasteiger partial charge in [0.25, 0.3) is 0 Å². The third-order valence-electron chi connectivity index (χ3n) is 2.07. The molecule has 0 radical (unpaired) electrons. The van der Waals surface area contributed by atoms with Crippen molar-refractivity contribution in [2.75, 3.05) is 0 Å². The van der Waals surface area contributed by atoms with Crippen molar-refractivity contribution in [3.05, 3.63) is 55.0 Å². The van der Waals surface area contributed by atoms with Gasteiger partial charge in [-0.05, 0) is 58.0 Å². The van der Waals surface area contributed by atoms with Crippen molar-refractivity contribution in [2.45, 2.75) is 0 Å². The molecule has 0 atom stereocenters. The van der Waals surface area contributed by atoms with Gasteiger partial charge in [0.15, 0.2) is 0 Å². The van der Waals surface area contributed by atoms with E-state index >= 15 is 0 Å². The Balaban J connectivity index is 2.54. The van der Waals surface area contributed by atoms with Gasteiger partial charge in [-0.1, -0.05) is 50.1 Å². The molecule has 0 saturated carbocycles. The summed E-state index contributed by atoms with van der Waals surface area (Å²) >= 11 is 9.38. The minimum atomic E-state index is 1.10. The maximum Gasteiger partial charge on any atom is 0.0264 e. The molecular weight excluding hydrogens is 431 g/mol. The summed E-state index contributed by atoms with van der Waals surface area (Å²) < 4.78 is 3.47. The average molecular weight is 438 g/mol. The number of halogens is 3. The van der Waals surface area contributed by atoms with Crippen LogP contribution in [0.25, 0.3) is 11.1 Å². The van der Waals surface area contributed by atoms with Crippen molar-refractivity contribution in [1.82, 2.24) is 0 Å². The quantitative estimate of drug-likeness (QED) is 0.518. The van der Waals surface area contributed by atoms with Gasteiger partial charge in [0.1, 0.15) is 0 Å². The van der Waals surface area contributed by atoms with E-state index in [0.717, 1.165) is 8.95 Å². The molecule has 0 bridgehead atoms. The van der Waals surface area contributed by atoms with E-state index < -0.39 is 0 Å². The summed E-state index contributed by atoms with van der Waals surface area (Å²) in [5, 5.41) is 0. The second-order valence-electron chi connectivity index (χ2n) is 3.13. The van der Waals surface area contributed by atoms with Crippen molar-refractivity contribution in [3.8, 4) is 11.1 Å². The van der Waals surface area contributed by atoms with Crippen molar-refractivity contribution in [1.29, 1.82) is 0 Å². The van der Waals surface area contributed by atoms with Gasteiger partial charge < -0.3 is 0 Å². The Morgan fingerprint density at radius 2 is 1.73 bits per heavy atom. The van der Waals surface area contributed by atoms with E-state index in [2.05, 4.69) is 84.8 Å². The molecule has 2 rings (SSSR count). The van der Waals surface area contributed by atoms with Crippen LogP contribution in [0.1, 0.15) is 0 Å². The summed E-state index contributed by atoms with van der Waals surface area (Å²) in [5.41, 5.74) is 2.43. The highest BCUT2D eigenvalue weighted by Crippen LogP contribution is 2.30. The lowest BCUT2D eigenvalue weighted by Crippen LogP contribution is -1.81. The normalized spacial score (nSPS) is 10.3. The predicted octanol–water partition coefficient (Wildman–Crippen LogP) is 5.48. The fourth-order valence-electron chi connectivity index (χ4n) is 1.38. The molecule has 3 heteroatoms. The van der Waals surface area contributed by atoms with E-state index in [1.54, 1.807) is 0 Å². The number of rotatable bonds is 1. The molecular formula is C12H7Br2I. The van der Waals surface area contributed by atoms with Gasteiger partial charge >= 0.3 is 0 Å². The Labute approximate surface area is 119 Å². The van der Waals surface area contributed by atoms with E-state index in [4.69, 9.17) is 0 Å². The molecule has 0 aromatic heterocycles. The zero-order chi connectivity index (χ0) is 10.8. The minimum Gasteiger partial charge on any atom is -0.0605 e. The molecule has 0 fully saturated rings. The van der Waals surface area contributed by atoms with Crippen molar-refractivity contribution >= 4 is 54.5 Å². The lowest BCUT2D eigenvalue weighted by Gasteiger charge is -2.05. The average Bonchev–Trinajstić information content (AvgIpc) is 2.17. The molecule has 0 heterocycles. The summed E-state index contributed by atoms with van der Waals surface area (Å²) in [6.45, 7) is 0. The summed E-state index contributed by atoms with van der Waals surface area (Å²) in [6.07, 6.45) is 0. The molecule has 0 nitrogen and oxygen atoms in total. The molecule has 15 heavy (non-hydrogen) atoms. The third kappa shape index (κ3) is 2.82. The molecule has 0 saturated heterocycles. The number of hydrogen-bond acceptors (Lipinski definition) is 0. The van der Waals surface area contributed by atoms with Crippen LogP contribution in [0.15, 0.2) is 51.4 Å². The SMILES string of the molecule is Brc1cccc(-c2ccc(I)cc2Br)c1. The van der Waals surface area contributed by atoms with Crippen LogP contribution in [-0.2, 0) is 0 Å². The lowest BCUT2D eigenvalue weighted by molar-refractivity contribution is 1.54. The second-order valence-corrected chi connectivity index (χ2v) is 6.15. The first-order valence-electron chi connectivity index (χ1n) is 4.38. The van der Waals surface area contributed by atoms with Crippen LogP contribution in [0.3, 0.4) is 0 Å². The molecule has 0 N–H and O–H groups in total. The summed E-state index contributed by atoms with van der Waals surface area (Å²) in [5.74, 6) is 0. The molecule has 0 aliphatic carbocycles. The zero-order valence-electron chi connectivity index (χ0n) is 7.68. The van der Waals surface area contributed by atoms with Gasteiger partial charge in [-0.25, -0.2) is 0 Å². The van der Waals surface area contributed by atoms with Gasteiger partial charge in [0.05, 0.1) is 0 Å². The summed E-state index contributed by atoms with van der Waals surface area (Å²) in [6, 6.07) is 14.7. The highest BCUT2D eigenvalue weighted by Gasteiger charge is 2.03. The monoisotopic (exact) mass is 436 g/mol. The summed E-state index contributed by atoms with van der Waals surface area (Å²) in [7, 11) is 0. The number of benzene rings is 2. The molecule has 2 aromatic rings. The Morgan fingerprint density at radius 1 is 0.933 bits per heavy atom. The van der Waals surface area contributed by atoms with E-state index in [9.17, 15) is 0 Å². The van der Waals surface area contributed by atoms with Crippen LogP contribution in [0, 0.1) is 3.57 Å². The van der Waals surface area contributed by atoms with E-state index in [-0.39, 0.29) is 0 Å². The van der Waals surface area contributed by atoms with Crippen LogP contribution in [0.4, 0.5) is 0 Å². The molecule has 0 unspecified atom stereocenters. The maximum absolute atomic E-state index is 3.59. The maximum atomic E-state index is 3.59. The first kappa shape index (κ1) is 11.6. The second kappa shape index (κ2) is 4.97. The highest BCUT2D eigenvalue weighted by molar-refractivity contribution is 14.1. The van der Waals surface area contributed by atoms with Crippen LogP contribution < -0.4 is 0 Å². The topological polar surface area (TPSA) is 0 Å². The molecule has 0 spiro atoms. The van der Waals surface area contributed by atoms with Gasteiger partial charge in [0, 0.05) is 12.5 Å². The Morgan fingerprint density at radius 3 is 2.40 bits per heavy atom. The van der Waals surface area contributed by atoms with Crippen LogP contribution in [-0.4, -0.2) is 0 Å². The first-order valence-corrected chi connectivity index (χ1v) is 7.04. The van der Waals surface area contributed by atoms with E-state index in [1.165, 1.54) is 14.7 Å². The Bertz CT molecular complexity index is 495. The first-order chi connectivity index (χ1) is 7.16. The van der Waals surface area contributed by atoms with Gasteiger partial charge in [0.2, 0.25) is 0 Å². The molecule has 0 aliphatic heterocycles. The molecule has 2 aromatic carbocycles. The Hall–Kier alpha value is 0.130.